The van der Waals surface area contributed by atoms with Crippen molar-refractivity contribution in [1.82, 2.24) is 10.2 Å². The zero-order valence-corrected chi connectivity index (χ0v) is 14.2. The van der Waals surface area contributed by atoms with E-state index in [-0.39, 0.29) is 0 Å². The molecule has 1 aromatic carbocycles. The Morgan fingerprint density at radius 2 is 2.32 bits per heavy atom. The maximum Gasteiger partial charge on any atom is 0.0245 e. The molecule has 1 N–H and O–H groups in total. The van der Waals surface area contributed by atoms with Crippen LogP contribution in [0.4, 0.5) is 0 Å². The molecule has 1 fully saturated rings. The Morgan fingerprint density at radius 1 is 1.47 bits per heavy atom. The van der Waals surface area contributed by atoms with Crippen molar-refractivity contribution in [2.45, 2.75) is 32.2 Å². The van der Waals surface area contributed by atoms with Gasteiger partial charge in [-0.2, -0.15) is 11.8 Å². The molecule has 1 unspecified atom stereocenters. The third-order valence-electron chi connectivity index (χ3n) is 3.42. The molecular formula is C15H23BrN2S. The molecule has 1 heterocycles. The Kier molecular flexibility index (Phi) is 6.20. The van der Waals surface area contributed by atoms with Gasteiger partial charge in [-0.15, -0.1) is 0 Å². The molecule has 1 atom stereocenters. The lowest BCUT2D eigenvalue weighted by atomic mass is 10.1. The summed E-state index contributed by atoms with van der Waals surface area (Å²) >= 11 is 5.81. The summed E-state index contributed by atoms with van der Waals surface area (Å²) in [5, 5.41) is 4.13. The SMILES string of the molecule is CCNCc1ccc(CN2CCSC(C)C2)c(Br)c1. The molecule has 19 heavy (non-hydrogen) atoms. The third-order valence-corrected chi connectivity index (χ3v) is 5.29. The van der Waals surface area contributed by atoms with Crippen LogP contribution in [0, 0.1) is 0 Å². The van der Waals surface area contributed by atoms with Crippen molar-refractivity contribution in [2.75, 3.05) is 25.4 Å². The van der Waals surface area contributed by atoms with Gasteiger partial charge in [-0.3, -0.25) is 4.90 Å². The van der Waals surface area contributed by atoms with Crippen LogP contribution in [-0.4, -0.2) is 35.5 Å². The topological polar surface area (TPSA) is 15.3 Å². The third kappa shape index (κ3) is 4.78. The lowest BCUT2D eigenvalue weighted by molar-refractivity contribution is 0.278. The zero-order valence-electron chi connectivity index (χ0n) is 11.8. The summed E-state index contributed by atoms with van der Waals surface area (Å²) in [7, 11) is 0. The molecule has 0 aliphatic carbocycles. The summed E-state index contributed by atoms with van der Waals surface area (Å²) in [6, 6.07) is 6.76. The number of hydrogen-bond acceptors (Lipinski definition) is 3. The zero-order chi connectivity index (χ0) is 13.7. The minimum absolute atomic E-state index is 0.764. The molecule has 1 aliphatic rings. The Balaban J connectivity index is 1.96. The fourth-order valence-corrected chi connectivity index (χ4v) is 4.01. The molecule has 0 amide bonds. The van der Waals surface area contributed by atoms with E-state index in [9.17, 15) is 0 Å². The predicted molar refractivity (Wildman–Crippen MR) is 88.7 cm³/mol. The van der Waals surface area contributed by atoms with Crippen molar-refractivity contribution in [3.8, 4) is 0 Å². The minimum atomic E-state index is 0.764. The van der Waals surface area contributed by atoms with Gasteiger partial charge in [0, 0.05) is 41.7 Å². The molecular weight excluding hydrogens is 320 g/mol. The van der Waals surface area contributed by atoms with Crippen molar-refractivity contribution in [2.24, 2.45) is 0 Å². The van der Waals surface area contributed by atoms with Gasteiger partial charge in [-0.25, -0.2) is 0 Å². The molecule has 0 spiro atoms. The maximum absolute atomic E-state index is 3.72. The molecule has 0 radical (unpaired) electrons. The summed E-state index contributed by atoms with van der Waals surface area (Å²) in [6.07, 6.45) is 0. The van der Waals surface area contributed by atoms with Crippen molar-refractivity contribution >= 4 is 27.7 Å². The van der Waals surface area contributed by atoms with Gasteiger partial charge < -0.3 is 5.32 Å². The molecule has 2 rings (SSSR count). The van der Waals surface area contributed by atoms with Crippen molar-refractivity contribution in [3.63, 3.8) is 0 Å². The van der Waals surface area contributed by atoms with Crippen molar-refractivity contribution in [3.05, 3.63) is 33.8 Å². The smallest absolute Gasteiger partial charge is 0.0245 e. The fourth-order valence-electron chi connectivity index (χ4n) is 2.37. The number of hydrogen-bond donors (Lipinski definition) is 1. The van der Waals surface area contributed by atoms with Gasteiger partial charge in [-0.05, 0) is 23.7 Å². The Hall–Kier alpha value is -0.0300. The number of nitrogens with zero attached hydrogens (tertiary/aromatic N) is 1. The Morgan fingerprint density at radius 3 is 3.00 bits per heavy atom. The summed E-state index contributed by atoms with van der Waals surface area (Å²) in [5.41, 5.74) is 2.75. The standard InChI is InChI=1S/C15H23BrN2S/c1-3-17-9-13-4-5-14(15(16)8-13)11-18-6-7-19-12(2)10-18/h4-5,8,12,17H,3,6-7,9-11H2,1-2H3. The first-order valence-corrected chi connectivity index (χ1v) is 8.85. The highest BCUT2D eigenvalue weighted by Gasteiger charge is 2.17. The highest BCUT2D eigenvalue weighted by Crippen LogP contribution is 2.24. The van der Waals surface area contributed by atoms with Crippen LogP contribution in [0.1, 0.15) is 25.0 Å². The molecule has 0 aromatic heterocycles. The first-order chi connectivity index (χ1) is 9.19. The number of halogens is 1. The van der Waals surface area contributed by atoms with Gasteiger partial charge in [0.15, 0.2) is 0 Å². The second-order valence-corrected chi connectivity index (χ2v) is 7.52. The average molecular weight is 343 g/mol. The normalized spacial score (nSPS) is 20.7. The van der Waals surface area contributed by atoms with E-state index in [2.05, 4.69) is 70.0 Å². The number of rotatable bonds is 5. The monoisotopic (exact) mass is 342 g/mol. The van der Waals surface area contributed by atoms with Gasteiger partial charge >= 0.3 is 0 Å². The molecule has 0 bridgehead atoms. The lowest BCUT2D eigenvalue weighted by Crippen LogP contribution is -2.36. The van der Waals surface area contributed by atoms with Crippen LogP contribution in [0.15, 0.2) is 22.7 Å². The van der Waals surface area contributed by atoms with E-state index in [1.54, 1.807) is 0 Å². The average Bonchev–Trinajstić information content (AvgIpc) is 2.39. The maximum atomic E-state index is 3.72. The van der Waals surface area contributed by atoms with E-state index >= 15 is 0 Å². The summed E-state index contributed by atoms with van der Waals surface area (Å²) in [4.78, 5) is 2.56. The Bertz CT molecular complexity index is 411. The molecule has 4 heteroatoms. The van der Waals surface area contributed by atoms with Crippen molar-refractivity contribution < 1.29 is 0 Å². The number of thioether (sulfide) groups is 1. The number of nitrogens with one attached hydrogen (secondary N) is 1. The molecule has 0 saturated carbocycles. The van der Waals surface area contributed by atoms with Crippen molar-refractivity contribution in [1.29, 1.82) is 0 Å². The summed E-state index contributed by atoms with van der Waals surface area (Å²) in [6.45, 7) is 9.91. The molecule has 1 aromatic rings. The number of benzene rings is 1. The van der Waals surface area contributed by atoms with E-state index in [0.29, 0.717) is 0 Å². The van der Waals surface area contributed by atoms with Crippen LogP contribution in [0.25, 0.3) is 0 Å². The first-order valence-electron chi connectivity index (χ1n) is 7.01. The van der Waals surface area contributed by atoms with E-state index in [4.69, 9.17) is 0 Å². The van der Waals surface area contributed by atoms with Gasteiger partial charge in [0.2, 0.25) is 0 Å². The highest BCUT2D eigenvalue weighted by molar-refractivity contribution is 9.10. The van der Waals surface area contributed by atoms with Crippen LogP contribution in [0.3, 0.4) is 0 Å². The molecule has 1 saturated heterocycles. The highest BCUT2D eigenvalue weighted by atomic mass is 79.9. The van der Waals surface area contributed by atoms with E-state index in [1.165, 1.54) is 34.4 Å². The van der Waals surface area contributed by atoms with E-state index in [0.717, 1.165) is 24.9 Å². The fraction of sp³-hybridized carbons (Fsp3) is 0.600. The molecule has 2 nitrogen and oxygen atoms in total. The van der Waals surface area contributed by atoms with E-state index < -0.39 is 0 Å². The van der Waals surface area contributed by atoms with Crippen LogP contribution in [-0.2, 0) is 13.1 Å². The van der Waals surface area contributed by atoms with Gasteiger partial charge in [0.25, 0.3) is 0 Å². The second kappa shape index (κ2) is 7.67. The summed E-state index contributed by atoms with van der Waals surface area (Å²) < 4.78 is 1.24. The lowest BCUT2D eigenvalue weighted by Gasteiger charge is -2.30. The quantitative estimate of drug-likeness (QED) is 0.881. The van der Waals surface area contributed by atoms with Gasteiger partial charge in [0.05, 0.1) is 0 Å². The van der Waals surface area contributed by atoms with Gasteiger partial charge in [0.1, 0.15) is 0 Å². The minimum Gasteiger partial charge on any atom is -0.313 e. The molecule has 1 aliphatic heterocycles. The summed E-state index contributed by atoms with van der Waals surface area (Å²) in [5.74, 6) is 1.26. The van der Waals surface area contributed by atoms with Crippen LogP contribution in [0.2, 0.25) is 0 Å². The largest absolute Gasteiger partial charge is 0.313 e. The van der Waals surface area contributed by atoms with Crippen LogP contribution < -0.4 is 5.32 Å². The second-order valence-electron chi connectivity index (χ2n) is 5.12. The predicted octanol–water partition coefficient (Wildman–Crippen LogP) is 3.50. The Labute approximate surface area is 129 Å². The van der Waals surface area contributed by atoms with Crippen LogP contribution >= 0.6 is 27.7 Å². The molecule has 106 valence electrons. The van der Waals surface area contributed by atoms with Crippen LogP contribution in [0.5, 0.6) is 0 Å². The van der Waals surface area contributed by atoms with E-state index in [1.807, 2.05) is 0 Å². The van der Waals surface area contributed by atoms with Gasteiger partial charge in [-0.1, -0.05) is 41.9 Å². The first kappa shape index (κ1) is 15.4.